The van der Waals surface area contributed by atoms with Gasteiger partial charge >= 0.3 is 77.0 Å². The molecule has 0 aliphatic carbocycles. The van der Waals surface area contributed by atoms with Crippen molar-refractivity contribution < 1.29 is 2.85 Å². The van der Waals surface area contributed by atoms with Gasteiger partial charge in [-0.3, -0.25) is 0 Å². The van der Waals surface area contributed by atoms with Crippen LogP contribution in [0.25, 0.3) is 0 Å². The van der Waals surface area contributed by atoms with Gasteiger partial charge in [0, 0.05) is 0 Å². The number of rotatable bonds is 6. The summed E-state index contributed by atoms with van der Waals surface area (Å²) in [5.74, 6) is 0. The van der Waals surface area contributed by atoms with Crippen LogP contribution >= 0.6 is 0 Å². The van der Waals surface area contributed by atoms with Gasteiger partial charge in [-0.25, -0.2) is 0 Å². The second-order valence-corrected chi connectivity index (χ2v) is 8.12. The maximum atomic E-state index is 2.29. The summed E-state index contributed by atoms with van der Waals surface area (Å²) in [7, 11) is 8.64. The van der Waals surface area contributed by atoms with Crippen LogP contribution < -0.4 is 0 Å². The molecule has 3 heteroatoms. The smallest absolute Gasteiger partial charge is 1.00 e. The maximum Gasteiger partial charge on any atom is -1.00 e. The average Bonchev–Trinajstić information content (AvgIpc) is 1.85. The van der Waals surface area contributed by atoms with E-state index in [1.165, 1.54) is 23.6 Å². The zero-order chi connectivity index (χ0) is 8.69. The number of hydrogen-bond donors (Lipinski definition) is 0. The van der Waals surface area contributed by atoms with E-state index in [0.29, 0.717) is 0 Å². The van der Waals surface area contributed by atoms with Crippen molar-refractivity contribution in [2.75, 3.05) is 41.3 Å². The molecule has 0 aliphatic rings. The molecule has 0 rings (SSSR count). The van der Waals surface area contributed by atoms with Crippen molar-refractivity contribution in [2.24, 2.45) is 0 Å². The Balaban J connectivity index is -0.000000500. The van der Waals surface area contributed by atoms with Gasteiger partial charge in [-0.15, -0.1) is 0 Å². The van der Waals surface area contributed by atoms with Gasteiger partial charge in [0.1, 0.15) is 0 Å². The van der Waals surface area contributed by atoms with Crippen LogP contribution in [-0.4, -0.2) is 66.5 Å². The van der Waals surface area contributed by atoms with Gasteiger partial charge in [-0.05, 0) is 0 Å². The predicted octanol–water partition coefficient (Wildman–Crippen LogP) is 0.340. The summed E-state index contributed by atoms with van der Waals surface area (Å²) in [6.07, 6.45) is 0. The maximum absolute atomic E-state index is 2.29. The zero-order valence-electron chi connectivity index (χ0n) is 10.4. The van der Waals surface area contributed by atoms with E-state index in [-0.39, 0.29) is 18.3 Å². The molecule has 0 saturated heterocycles. The van der Waals surface area contributed by atoms with Gasteiger partial charge in [-0.2, -0.15) is 0 Å². The van der Waals surface area contributed by atoms with E-state index in [2.05, 4.69) is 38.0 Å². The van der Waals surface area contributed by atoms with Gasteiger partial charge in [0.05, 0.1) is 0 Å². The molecule has 0 saturated carbocycles. The van der Waals surface area contributed by atoms with Crippen LogP contribution in [0.3, 0.4) is 0 Å². The molecule has 0 aromatic heterocycles. The second kappa shape index (κ2) is 7.13. The Morgan fingerprint density at radius 3 is 1.55 bits per heavy atom. The van der Waals surface area contributed by atoms with E-state index in [9.17, 15) is 0 Å². The van der Waals surface area contributed by atoms with Crippen molar-refractivity contribution in [3.63, 3.8) is 0 Å². The third-order valence-electron chi connectivity index (χ3n) is 1.71. The van der Waals surface area contributed by atoms with Crippen molar-refractivity contribution in [3.8, 4) is 0 Å². The first-order chi connectivity index (χ1) is 5.13. The average molecular weight is 221 g/mol. The molecule has 0 atom stereocenters. The Bertz CT molecular complexity index is 82.2. The molecule has 0 heterocycles. The second-order valence-electron chi connectivity index (χ2n) is 3.67. The third kappa shape index (κ3) is 10.5. The van der Waals surface area contributed by atoms with E-state index in [0.717, 1.165) is 0 Å². The fraction of sp³-hybridized carbons (Fsp3) is 1.00. The van der Waals surface area contributed by atoms with Crippen LogP contribution in [0.1, 0.15) is 2.85 Å². The Kier molecular flexibility index (Phi) is 7.43. The van der Waals surface area contributed by atoms with Crippen LogP contribution in [0.5, 0.6) is 0 Å². The minimum absolute atomic E-state index is 0. The predicted molar refractivity (Wildman–Crippen MR) is 57.5 cm³/mol. The molecule has 0 spiro atoms. The zero-order valence-corrected chi connectivity index (χ0v) is 11.4. The standard InChI is InChI=1S/C8H22GeN2.2H/c1-10(2)7-5-9-6-8-11(3)4;;/h5-9H2,1-4H3;;/q;2*-1. The molecule has 0 aliphatic heterocycles. The summed E-state index contributed by atoms with van der Waals surface area (Å²) in [5, 5.41) is 3.04. The fourth-order valence-electron chi connectivity index (χ4n) is 1.03. The molecular formula is C8H24GeN2-2. The quantitative estimate of drug-likeness (QED) is 0.471. The van der Waals surface area contributed by atoms with E-state index in [4.69, 9.17) is 0 Å². The minimum atomic E-state index is -0.148. The molecule has 11 heavy (non-hydrogen) atoms. The molecule has 0 N–H and O–H groups in total. The first-order valence-electron chi connectivity index (χ1n) is 4.42. The summed E-state index contributed by atoms with van der Waals surface area (Å²) in [5.41, 5.74) is 0. The van der Waals surface area contributed by atoms with Gasteiger partial charge in [0.2, 0.25) is 0 Å². The first kappa shape index (κ1) is 11.5. The largest absolute Gasteiger partial charge is 1.00 e. The van der Waals surface area contributed by atoms with Crippen LogP contribution in [0.15, 0.2) is 0 Å². The summed E-state index contributed by atoms with van der Waals surface area (Å²) >= 11 is -0.148. The Hall–Kier alpha value is 0.463. The summed E-state index contributed by atoms with van der Waals surface area (Å²) in [6, 6.07) is 0. The number of hydrogen-bond acceptors (Lipinski definition) is 2. The summed E-state index contributed by atoms with van der Waals surface area (Å²) in [4.78, 5) is 4.59. The molecule has 72 valence electrons. The minimum Gasteiger partial charge on any atom is -1.00 e. The van der Waals surface area contributed by atoms with Crippen molar-refractivity contribution in [2.45, 2.75) is 10.5 Å². The Morgan fingerprint density at radius 1 is 0.909 bits per heavy atom. The van der Waals surface area contributed by atoms with Crippen LogP contribution in [0, 0.1) is 0 Å². The monoisotopic (exact) mass is 222 g/mol. The SMILES string of the molecule is CN(C)C[CH2][GeH2][CH2]CN(C)C.[H-].[H-]. The van der Waals surface area contributed by atoms with Gasteiger partial charge < -0.3 is 2.85 Å². The van der Waals surface area contributed by atoms with Crippen molar-refractivity contribution >= 4 is 15.4 Å². The van der Waals surface area contributed by atoms with Crippen LogP contribution in [-0.2, 0) is 0 Å². The first-order valence-corrected chi connectivity index (χ1v) is 8.62. The topological polar surface area (TPSA) is 6.48 Å². The van der Waals surface area contributed by atoms with Crippen molar-refractivity contribution in [1.82, 2.24) is 9.80 Å². The Labute approximate surface area is 80.4 Å². The van der Waals surface area contributed by atoms with E-state index in [1.54, 1.807) is 0 Å². The van der Waals surface area contributed by atoms with Crippen LogP contribution in [0.2, 0.25) is 10.5 Å². The van der Waals surface area contributed by atoms with Gasteiger partial charge in [-0.1, -0.05) is 0 Å². The molecule has 0 radical (unpaired) electrons. The molecule has 0 aromatic carbocycles. The van der Waals surface area contributed by atoms with Gasteiger partial charge in [0.25, 0.3) is 0 Å². The van der Waals surface area contributed by atoms with Crippen molar-refractivity contribution in [3.05, 3.63) is 0 Å². The summed E-state index contributed by atoms with van der Waals surface area (Å²) < 4.78 is 0. The fourth-order valence-corrected chi connectivity index (χ4v) is 5.37. The molecular weight excluding hydrogens is 197 g/mol. The van der Waals surface area contributed by atoms with Gasteiger partial charge in [0.15, 0.2) is 0 Å². The van der Waals surface area contributed by atoms with E-state index >= 15 is 0 Å². The molecule has 0 unspecified atom stereocenters. The molecule has 0 bridgehead atoms. The summed E-state index contributed by atoms with van der Waals surface area (Å²) in [6.45, 7) is 2.63. The molecule has 0 fully saturated rings. The number of nitrogens with zero attached hydrogens (tertiary/aromatic N) is 2. The van der Waals surface area contributed by atoms with E-state index < -0.39 is 0 Å². The van der Waals surface area contributed by atoms with Crippen molar-refractivity contribution in [1.29, 1.82) is 0 Å². The third-order valence-corrected chi connectivity index (χ3v) is 5.14. The molecule has 0 amide bonds. The molecule has 0 aromatic rings. The molecule has 2 nitrogen and oxygen atoms in total. The van der Waals surface area contributed by atoms with E-state index in [1.807, 2.05) is 0 Å². The normalized spacial score (nSPS) is 11.5. The Morgan fingerprint density at radius 2 is 1.27 bits per heavy atom. The van der Waals surface area contributed by atoms with Crippen LogP contribution in [0.4, 0.5) is 0 Å².